The zero-order valence-corrected chi connectivity index (χ0v) is 16.4. The highest BCUT2D eigenvalue weighted by molar-refractivity contribution is 14.3. The number of halogens is 6. The van der Waals surface area contributed by atoms with Crippen molar-refractivity contribution in [1.82, 2.24) is 0 Å². The van der Waals surface area contributed by atoms with E-state index in [-0.39, 0.29) is 6.19 Å². The Morgan fingerprint density at radius 3 is 2.59 bits per heavy atom. The quantitative estimate of drug-likeness (QED) is 0.161. The monoisotopic (exact) mass is 590 g/mol. The van der Waals surface area contributed by atoms with E-state index in [0.717, 1.165) is 11.3 Å². The lowest BCUT2D eigenvalue weighted by atomic mass is 10.3. The summed E-state index contributed by atoms with van der Waals surface area (Å²) in [5.41, 5.74) is -0.602. The Hall–Kier alpha value is 2.17. The molecule has 0 aromatic carbocycles. The zero-order chi connectivity index (χ0) is 13.1. The Kier molecular flexibility index (Phi) is 7.92. The molecule has 0 N–H and O–H groups in total. The number of rotatable bonds is 5. The highest BCUT2D eigenvalue weighted by atomic mass is 127. The second kappa shape index (κ2) is 7.82. The standard InChI is InChI=1S/C7H5BrF3I2OPS2/c8-6-5(7(9,10)11)3-4(16-6)1-2-14-17-15(12)13/h3H,1-2H2. The van der Waals surface area contributed by atoms with Gasteiger partial charge in [-0.3, -0.25) is 0 Å². The van der Waals surface area contributed by atoms with Gasteiger partial charge in [0.1, 0.15) is 2.41 Å². The summed E-state index contributed by atoms with van der Waals surface area (Å²) < 4.78 is 42.7. The molecule has 0 aliphatic rings. The van der Waals surface area contributed by atoms with Crippen LogP contribution in [0.2, 0.25) is 0 Å². The fourth-order valence-corrected chi connectivity index (χ4v) is 5.54. The zero-order valence-electron chi connectivity index (χ0n) is 7.93. The van der Waals surface area contributed by atoms with Gasteiger partial charge in [0.15, 0.2) is 0 Å². The average molecular weight is 591 g/mol. The second-order valence-corrected chi connectivity index (χ2v) is 22.8. The third kappa shape index (κ3) is 6.44. The molecule has 0 amide bonds. The molecule has 0 atom stereocenters. The summed E-state index contributed by atoms with van der Waals surface area (Å²) in [5.74, 6) is 0. The Morgan fingerprint density at radius 1 is 1.47 bits per heavy atom. The van der Waals surface area contributed by atoms with Gasteiger partial charge in [-0.1, -0.05) is 0 Å². The molecular formula is C7H5BrF3I2OPS2. The molecule has 0 radical (unpaired) electrons. The van der Waals surface area contributed by atoms with Gasteiger partial charge in [-0.15, -0.1) is 11.3 Å². The molecule has 98 valence electrons. The third-order valence-corrected chi connectivity index (χ3v) is 7.41. The molecule has 0 saturated carbocycles. The minimum absolute atomic E-state index is 0.137. The van der Waals surface area contributed by atoms with Crippen LogP contribution in [0.3, 0.4) is 0 Å². The Balaban J connectivity index is 2.51. The molecule has 1 aromatic rings. The number of thiophene rings is 1. The van der Waals surface area contributed by atoms with Crippen LogP contribution in [0.1, 0.15) is 10.4 Å². The molecule has 10 heteroatoms. The first-order chi connectivity index (χ1) is 7.80. The highest BCUT2D eigenvalue weighted by Crippen LogP contribution is 2.64. The first kappa shape index (κ1) is 17.2. The van der Waals surface area contributed by atoms with Gasteiger partial charge < -0.3 is 4.18 Å². The second-order valence-electron chi connectivity index (χ2n) is 2.75. The van der Waals surface area contributed by atoms with E-state index in [0.29, 0.717) is 17.9 Å². The van der Waals surface area contributed by atoms with Crippen molar-refractivity contribution in [2.24, 2.45) is 0 Å². The van der Waals surface area contributed by atoms with Gasteiger partial charge in [-0.05, 0) is 66.1 Å². The molecule has 0 bridgehead atoms. The van der Waals surface area contributed by atoms with Crippen molar-refractivity contribution in [3.8, 4) is 0 Å². The summed E-state index contributed by atoms with van der Waals surface area (Å²) in [6, 6.07) is 1.18. The lowest BCUT2D eigenvalue weighted by Gasteiger charge is -2.03. The first-order valence-corrected chi connectivity index (χ1v) is 13.9. The fourth-order valence-electron chi connectivity index (χ4n) is 0.953. The lowest BCUT2D eigenvalue weighted by Crippen LogP contribution is -2.03. The maximum atomic E-state index is 12.5. The molecule has 17 heavy (non-hydrogen) atoms. The van der Waals surface area contributed by atoms with E-state index in [2.05, 4.69) is 60.0 Å². The van der Waals surface area contributed by atoms with Gasteiger partial charge in [0.2, 0.25) is 0 Å². The summed E-state index contributed by atoms with van der Waals surface area (Å²) in [4.78, 5) is 0.677. The normalized spacial score (nSPS) is 12.4. The molecule has 0 aliphatic heterocycles. The van der Waals surface area contributed by atoms with Crippen LogP contribution in [0, 0.1) is 0 Å². The van der Waals surface area contributed by atoms with Crippen LogP contribution in [-0.2, 0) is 16.8 Å². The van der Waals surface area contributed by atoms with Crippen LogP contribution >= 0.6 is 85.4 Å². The minimum atomic E-state index is -4.29. The molecule has 1 nitrogen and oxygen atoms in total. The summed E-state index contributed by atoms with van der Waals surface area (Å²) in [5, 5.41) is 0. The van der Waals surface area contributed by atoms with Crippen LogP contribution < -0.4 is 0 Å². The average Bonchev–Trinajstić information content (AvgIpc) is 2.53. The summed E-state index contributed by atoms with van der Waals surface area (Å²) in [7, 11) is 0. The van der Waals surface area contributed by atoms with E-state index in [1.807, 2.05) is 0 Å². The van der Waals surface area contributed by atoms with Crippen LogP contribution in [0.4, 0.5) is 13.2 Å². The van der Waals surface area contributed by atoms with Crippen molar-refractivity contribution in [1.29, 1.82) is 0 Å². The minimum Gasteiger partial charge on any atom is -0.309 e. The summed E-state index contributed by atoms with van der Waals surface area (Å²) in [6.45, 7) is 0.430. The van der Waals surface area contributed by atoms with Crippen molar-refractivity contribution < 1.29 is 17.4 Å². The van der Waals surface area contributed by atoms with Gasteiger partial charge in [0.25, 0.3) is 0 Å². The van der Waals surface area contributed by atoms with Crippen molar-refractivity contribution in [3.05, 3.63) is 20.3 Å². The van der Waals surface area contributed by atoms with Gasteiger partial charge >= 0.3 is 6.18 Å². The molecule has 0 spiro atoms. The molecule has 0 unspecified atom stereocenters. The van der Waals surface area contributed by atoms with Crippen molar-refractivity contribution in [3.63, 3.8) is 0 Å². The van der Waals surface area contributed by atoms with Crippen LogP contribution in [-0.4, -0.2) is 6.61 Å². The molecule has 0 aliphatic carbocycles. The smallest absolute Gasteiger partial charge is 0.309 e. The topological polar surface area (TPSA) is 9.23 Å². The van der Waals surface area contributed by atoms with Crippen LogP contribution in [0.15, 0.2) is 9.85 Å². The van der Waals surface area contributed by atoms with E-state index >= 15 is 0 Å². The van der Waals surface area contributed by atoms with E-state index < -0.39 is 11.7 Å². The van der Waals surface area contributed by atoms with Gasteiger partial charge in [0, 0.05) is 23.0 Å². The van der Waals surface area contributed by atoms with Crippen LogP contribution in [0.5, 0.6) is 0 Å². The Bertz CT molecular complexity index is 374. The highest BCUT2D eigenvalue weighted by Gasteiger charge is 2.34. The van der Waals surface area contributed by atoms with Crippen LogP contribution in [0.25, 0.3) is 0 Å². The largest absolute Gasteiger partial charge is 0.418 e. The Labute approximate surface area is 140 Å². The Morgan fingerprint density at radius 2 is 2.12 bits per heavy atom. The predicted molar refractivity (Wildman–Crippen MR) is 89.2 cm³/mol. The maximum absolute atomic E-state index is 12.5. The van der Waals surface area contributed by atoms with E-state index in [1.165, 1.54) is 17.7 Å². The third-order valence-electron chi connectivity index (χ3n) is 1.58. The lowest BCUT2D eigenvalue weighted by molar-refractivity contribution is -0.137. The summed E-state index contributed by atoms with van der Waals surface area (Å²) in [6.07, 6.45) is -3.79. The molecule has 0 fully saturated rings. The van der Waals surface area contributed by atoms with Gasteiger partial charge in [0.05, 0.1) is 16.0 Å². The van der Waals surface area contributed by atoms with E-state index in [9.17, 15) is 13.2 Å². The van der Waals surface area contributed by atoms with Crippen molar-refractivity contribution in [2.45, 2.75) is 12.6 Å². The van der Waals surface area contributed by atoms with Gasteiger partial charge in [-0.25, -0.2) is 0 Å². The maximum Gasteiger partial charge on any atom is 0.418 e. The number of alkyl halides is 3. The fraction of sp³-hybridized carbons (Fsp3) is 0.429. The molecular weight excluding hydrogens is 586 g/mol. The number of hydrogen-bond acceptors (Lipinski definition) is 3. The SMILES string of the molecule is FC(F)(F)c1cc(CCOSP(I)I)sc1Br. The predicted octanol–water partition coefficient (Wildman–Crippen LogP) is 6.83. The van der Waals surface area contributed by atoms with Crippen molar-refractivity contribution >= 4 is 85.4 Å². The van der Waals surface area contributed by atoms with Crippen molar-refractivity contribution in [2.75, 3.05) is 6.61 Å². The molecule has 1 heterocycles. The van der Waals surface area contributed by atoms with E-state index in [1.54, 1.807) is 0 Å². The summed E-state index contributed by atoms with van der Waals surface area (Å²) >= 11 is 9.93. The number of hydrogen-bond donors (Lipinski definition) is 0. The van der Waals surface area contributed by atoms with Gasteiger partial charge in [-0.2, -0.15) is 13.2 Å². The first-order valence-electron chi connectivity index (χ1n) is 4.07. The molecule has 0 saturated heterocycles. The molecule has 1 aromatic heterocycles. The van der Waals surface area contributed by atoms with E-state index in [4.69, 9.17) is 4.18 Å². The molecule has 1 rings (SSSR count).